The molecule has 0 bridgehead atoms. The van der Waals surface area contributed by atoms with Gasteiger partial charge in [-0.3, -0.25) is 0 Å². The van der Waals surface area contributed by atoms with Crippen LogP contribution in [0.2, 0.25) is 0 Å². The summed E-state index contributed by atoms with van der Waals surface area (Å²) in [5.74, 6) is 1.38. The van der Waals surface area contributed by atoms with Crippen LogP contribution in [0.5, 0.6) is 0 Å². The quantitative estimate of drug-likeness (QED) is 0.693. The fourth-order valence-electron chi connectivity index (χ4n) is 4.17. The van der Waals surface area contributed by atoms with Crippen LogP contribution in [0.1, 0.15) is 64.7 Å². The van der Waals surface area contributed by atoms with Gasteiger partial charge in [0.05, 0.1) is 0 Å². The van der Waals surface area contributed by atoms with Crippen molar-refractivity contribution in [2.24, 2.45) is 17.6 Å². The third-order valence-corrected chi connectivity index (χ3v) is 5.54. The van der Waals surface area contributed by atoms with Gasteiger partial charge >= 0.3 is 0 Å². The molecule has 19 heavy (non-hydrogen) atoms. The van der Waals surface area contributed by atoms with Crippen molar-refractivity contribution in [2.75, 3.05) is 13.2 Å². The molecular weight excluding hydrogens is 236 g/mol. The second-order valence-corrected chi connectivity index (χ2v) is 6.84. The molecule has 2 aliphatic carbocycles. The van der Waals surface area contributed by atoms with E-state index in [-0.39, 0.29) is 5.54 Å². The van der Waals surface area contributed by atoms with Crippen LogP contribution in [0.3, 0.4) is 0 Å². The Labute approximate surface area is 118 Å². The molecule has 0 amide bonds. The minimum atomic E-state index is 0.159. The molecule has 0 aromatic rings. The molecule has 0 heterocycles. The van der Waals surface area contributed by atoms with Gasteiger partial charge in [0.1, 0.15) is 0 Å². The average molecular weight is 268 g/mol. The Morgan fingerprint density at radius 1 is 1.21 bits per heavy atom. The summed E-state index contributed by atoms with van der Waals surface area (Å²) in [5.41, 5.74) is 6.26. The second kappa shape index (κ2) is 7.05. The summed E-state index contributed by atoms with van der Waals surface area (Å²) in [7, 11) is 0. The van der Waals surface area contributed by atoms with Gasteiger partial charge in [0.15, 0.2) is 0 Å². The lowest BCUT2D eigenvalue weighted by Crippen LogP contribution is -2.57. The Bertz CT molecular complexity index is 261. The van der Waals surface area contributed by atoms with Gasteiger partial charge in [0.2, 0.25) is 0 Å². The second-order valence-electron chi connectivity index (χ2n) is 6.84. The normalized spacial score (nSPS) is 39.6. The molecule has 2 saturated carbocycles. The third kappa shape index (κ3) is 3.71. The fourth-order valence-corrected chi connectivity index (χ4v) is 4.17. The predicted molar refractivity (Wildman–Crippen MR) is 80.0 cm³/mol. The molecule has 0 aromatic carbocycles. The smallest absolute Gasteiger partial charge is 0.0474 e. The van der Waals surface area contributed by atoms with Gasteiger partial charge in [-0.15, -0.1) is 0 Å². The standard InChI is InChI=1S/C16H32N2O/c1-2-4-13-7-9-16(12-17,10-8-13)18-15-6-3-5-14(15)11-19/h13-15,18-19H,2-12,17H2,1H3. The molecule has 3 heteroatoms. The molecule has 0 aliphatic heterocycles. The summed E-state index contributed by atoms with van der Waals surface area (Å²) in [6.07, 6.45) is 11.4. The van der Waals surface area contributed by atoms with Crippen molar-refractivity contribution in [3.05, 3.63) is 0 Å². The van der Waals surface area contributed by atoms with E-state index in [9.17, 15) is 5.11 Å². The Kier molecular flexibility index (Phi) is 5.67. The van der Waals surface area contributed by atoms with Crippen LogP contribution in [-0.4, -0.2) is 29.8 Å². The highest BCUT2D eigenvalue weighted by Gasteiger charge is 2.38. The van der Waals surface area contributed by atoms with Crippen LogP contribution < -0.4 is 11.1 Å². The zero-order valence-electron chi connectivity index (χ0n) is 12.5. The number of hydrogen-bond donors (Lipinski definition) is 3. The number of aliphatic hydroxyl groups is 1. The molecule has 2 atom stereocenters. The summed E-state index contributed by atoms with van der Waals surface area (Å²) >= 11 is 0. The van der Waals surface area contributed by atoms with Crippen molar-refractivity contribution in [3.63, 3.8) is 0 Å². The van der Waals surface area contributed by atoms with E-state index in [0.717, 1.165) is 12.5 Å². The van der Waals surface area contributed by atoms with Gasteiger partial charge < -0.3 is 16.2 Å². The Hall–Kier alpha value is -0.120. The molecular formula is C16H32N2O. The van der Waals surface area contributed by atoms with E-state index in [1.54, 1.807) is 0 Å². The van der Waals surface area contributed by atoms with Gasteiger partial charge in [-0.05, 0) is 50.4 Å². The van der Waals surface area contributed by atoms with Gasteiger partial charge in [-0.25, -0.2) is 0 Å². The Balaban J connectivity index is 1.89. The topological polar surface area (TPSA) is 58.3 Å². The largest absolute Gasteiger partial charge is 0.396 e. The van der Waals surface area contributed by atoms with Crippen LogP contribution in [0.15, 0.2) is 0 Å². The molecule has 0 radical (unpaired) electrons. The van der Waals surface area contributed by atoms with E-state index >= 15 is 0 Å². The molecule has 2 unspecified atom stereocenters. The highest BCUT2D eigenvalue weighted by molar-refractivity contribution is 4.98. The van der Waals surface area contributed by atoms with E-state index < -0.39 is 0 Å². The molecule has 2 aliphatic rings. The monoisotopic (exact) mass is 268 g/mol. The summed E-state index contributed by atoms with van der Waals surface area (Å²) in [6.45, 7) is 3.37. The predicted octanol–water partition coefficient (Wildman–Crippen LogP) is 2.42. The fraction of sp³-hybridized carbons (Fsp3) is 1.00. The molecule has 0 spiro atoms. The molecule has 0 aromatic heterocycles. The molecule has 2 fully saturated rings. The zero-order chi connectivity index (χ0) is 13.7. The lowest BCUT2D eigenvalue weighted by atomic mass is 9.74. The first-order valence-electron chi connectivity index (χ1n) is 8.31. The van der Waals surface area contributed by atoms with Crippen LogP contribution in [-0.2, 0) is 0 Å². The minimum absolute atomic E-state index is 0.159. The van der Waals surface area contributed by atoms with Crippen molar-refractivity contribution in [2.45, 2.75) is 76.3 Å². The molecule has 0 saturated heterocycles. The third-order valence-electron chi connectivity index (χ3n) is 5.54. The van der Waals surface area contributed by atoms with E-state index in [0.29, 0.717) is 18.6 Å². The van der Waals surface area contributed by atoms with E-state index in [1.807, 2.05) is 0 Å². The first kappa shape index (κ1) is 15.3. The number of nitrogens with two attached hydrogens (primary N) is 1. The van der Waals surface area contributed by atoms with E-state index in [2.05, 4.69) is 12.2 Å². The number of hydrogen-bond acceptors (Lipinski definition) is 3. The van der Waals surface area contributed by atoms with Crippen molar-refractivity contribution in [3.8, 4) is 0 Å². The van der Waals surface area contributed by atoms with Gasteiger partial charge in [0.25, 0.3) is 0 Å². The van der Waals surface area contributed by atoms with Crippen molar-refractivity contribution >= 4 is 0 Å². The minimum Gasteiger partial charge on any atom is -0.396 e. The summed E-state index contributed by atoms with van der Waals surface area (Å²) in [5, 5.41) is 13.3. The highest BCUT2D eigenvalue weighted by Crippen LogP contribution is 2.36. The lowest BCUT2D eigenvalue weighted by molar-refractivity contribution is 0.138. The number of nitrogens with one attached hydrogen (secondary N) is 1. The SMILES string of the molecule is CCCC1CCC(CN)(NC2CCCC2CO)CC1. The highest BCUT2D eigenvalue weighted by atomic mass is 16.3. The van der Waals surface area contributed by atoms with Gasteiger partial charge in [-0.1, -0.05) is 26.2 Å². The first-order chi connectivity index (χ1) is 9.23. The lowest BCUT2D eigenvalue weighted by Gasteiger charge is -2.43. The molecule has 3 nitrogen and oxygen atoms in total. The summed E-state index contributed by atoms with van der Waals surface area (Å²) in [4.78, 5) is 0. The van der Waals surface area contributed by atoms with E-state index in [4.69, 9.17) is 5.73 Å². The summed E-state index contributed by atoms with van der Waals surface area (Å²) < 4.78 is 0. The average Bonchev–Trinajstić information content (AvgIpc) is 2.88. The van der Waals surface area contributed by atoms with Crippen LogP contribution in [0, 0.1) is 11.8 Å². The molecule has 4 N–H and O–H groups in total. The van der Waals surface area contributed by atoms with E-state index in [1.165, 1.54) is 57.8 Å². The Morgan fingerprint density at radius 2 is 1.95 bits per heavy atom. The van der Waals surface area contributed by atoms with Crippen molar-refractivity contribution in [1.82, 2.24) is 5.32 Å². The van der Waals surface area contributed by atoms with Gasteiger partial charge in [0, 0.05) is 24.7 Å². The molecule has 112 valence electrons. The number of aliphatic hydroxyl groups excluding tert-OH is 1. The molecule has 2 rings (SSSR count). The summed E-state index contributed by atoms with van der Waals surface area (Å²) in [6, 6.07) is 0.497. The van der Waals surface area contributed by atoms with Crippen LogP contribution in [0.25, 0.3) is 0 Å². The maximum Gasteiger partial charge on any atom is 0.0474 e. The van der Waals surface area contributed by atoms with Crippen molar-refractivity contribution in [1.29, 1.82) is 0 Å². The maximum atomic E-state index is 9.46. The van der Waals surface area contributed by atoms with Crippen LogP contribution in [0.4, 0.5) is 0 Å². The van der Waals surface area contributed by atoms with Crippen molar-refractivity contribution < 1.29 is 5.11 Å². The van der Waals surface area contributed by atoms with Gasteiger partial charge in [-0.2, -0.15) is 0 Å². The first-order valence-corrected chi connectivity index (χ1v) is 8.31. The number of rotatable bonds is 6. The van der Waals surface area contributed by atoms with Crippen LogP contribution >= 0.6 is 0 Å². The zero-order valence-corrected chi connectivity index (χ0v) is 12.5. The Morgan fingerprint density at radius 3 is 2.53 bits per heavy atom. The maximum absolute atomic E-state index is 9.46.